The van der Waals surface area contributed by atoms with Crippen molar-refractivity contribution in [1.82, 2.24) is 4.57 Å². The summed E-state index contributed by atoms with van der Waals surface area (Å²) in [5.74, 6) is -0.718. The van der Waals surface area contributed by atoms with Crippen LogP contribution in [0.4, 0.5) is 4.39 Å². The molecule has 5 rings (SSSR count). The van der Waals surface area contributed by atoms with Gasteiger partial charge in [-0.3, -0.25) is 9.36 Å². The van der Waals surface area contributed by atoms with E-state index in [1.165, 1.54) is 28.0 Å². The summed E-state index contributed by atoms with van der Waals surface area (Å²) in [5, 5.41) is 0. The third kappa shape index (κ3) is 6.49. The summed E-state index contributed by atoms with van der Waals surface area (Å²) >= 11 is 1.21. The largest absolute Gasteiger partial charge is 0.489 e. The molecule has 1 aliphatic heterocycles. The van der Waals surface area contributed by atoms with E-state index < -0.39 is 17.8 Å². The van der Waals surface area contributed by atoms with Crippen LogP contribution in [0.5, 0.6) is 5.75 Å². The Morgan fingerprint density at radius 1 is 0.930 bits per heavy atom. The van der Waals surface area contributed by atoms with Gasteiger partial charge < -0.3 is 14.2 Å². The minimum atomic E-state index is -0.805. The number of halogens is 1. The molecule has 0 amide bonds. The van der Waals surface area contributed by atoms with Crippen molar-refractivity contribution in [3.05, 3.63) is 132 Å². The Bertz CT molecular complexity index is 1860. The minimum absolute atomic E-state index is 0.164. The number of carbonyl (C=O) groups is 2. The van der Waals surface area contributed by atoms with E-state index in [1.807, 2.05) is 24.3 Å². The number of fused-ring (bicyclic) bond motifs is 1. The molecule has 220 valence electrons. The highest BCUT2D eigenvalue weighted by molar-refractivity contribution is 7.07. The normalized spacial score (nSPS) is 14.6. The van der Waals surface area contributed by atoms with Gasteiger partial charge >= 0.3 is 11.9 Å². The number of hydrogen-bond donors (Lipinski definition) is 0. The first kappa shape index (κ1) is 29.7. The molecule has 2 heterocycles. The summed E-state index contributed by atoms with van der Waals surface area (Å²) in [5.41, 5.74) is 3.09. The molecule has 8 nitrogen and oxygen atoms in total. The number of thiazole rings is 1. The lowest BCUT2D eigenvalue weighted by Crippen LogP contribution is -2.39. The predicted molar refractivity (Wildman–Crippen MR) is 160 cm³/mol. The van der Waals surface area contributed by atoms with Crippen LogP contribution in [0.15, 0.2) is 93.9 Å². The summed E-state index contributed by atoms with van der Waals surface area (Å²) in [4.78, 5) is 43.5. The smallest absolute Gasteiger partial charge is 0.338 e. The van der Waals surface area contributed by atoms with E-state index >= 15 is 0 Å². The maximum atomic E-state index is 13.7. The number of ether oxygens (including phenoxy) is 3. The maximum absolute atomic E-state index is 13.7. The van der Waals surface area contributed by atoms with Gasteiger partial charge in [-0.15, -0.1) is 0 Å². The minimum Gasteiger partial charge on any atom is -0.489 e. The van der Waals surface area contributed by atoms with E-state index in [0.717, 1.165) is 11.1 Å². The summed E-state index contributed by atoms with van der Waals surface area (Å²) in [7, 11) is 0. The Kier molecular flexibility index (Phi) is 8.96. The molecule has 1 atom stereocenters. The van der Waals surface area contributed by atoms with E-state index in [-0.39, 0.29) is 23.7 Å². The summed E-state index contributed by atoms with van der Waals surface area (Å²) in [6.45, 7) is 5.96. The number of hydrogen-bond acceptors (Lipinski definition) is 8. The number of allylic oxidation sites excluding steroid dienone is 1. The van der Waals surface area contributed by atoms with Gasteiger partial charge in [0, 0.05) is 0 Å². The van der Waals surface area contributed by atoms with Crippen LogP contribution in [-0.4, -0.2) is 29.7 Å². The van der Waals surface area contributed by atoms with Crippen molar-refractivity contribution >= 4 is 29.4 Å². The van der Waals surface area contributed by atoms with Crippen LogP contribution in [0.1, 0.15) is 53.9 Å². The second-order valence-electron chi connectivity index (χ2n) is 9.63. The van der Waals surface area contributed by atoms with Gasteiger partial charge in [-0.25, -0.2) is 19.0 Å². The van der Waals surface area contributed by atoms with Crippen molar-refractivity contribution < 1.29 is 28.2 Å². The lowest BCUT2D eigenvalue weighted by molar-refractivity contribution is -0.139. The molecule has 10 heteroatoms. The fraction of sp³-hybridized carbons (Fsp3) is 0.212. The van der Waals surface area contributed by atoms with Crippen molar-refractivity contribution in [3.8, 4) is 5.75 Å². The zero-order valence-corrected chi connectivity index (χ0v) is 24.7. The molecule has 0 saturated carbocycles. The number of esters is 2. The summed E-state index contributed by atoms with van der Waals surface area (Å²) in [6.07, 6.45) is 1.76. The van der Waals surface area contributed by atoms with E-state index in [0.29, 0.717) is 45.1 Å². The molecular weight excluding hydrogens is 571 g/mol. The lowest BCUT2D eigenvalue weighted by Gasteiger charge is -2.24. The van der Waals surface area contributed by atoms with E-state index in [1.54, 1.807) is 63.2 Å². The molecule has 0 fully saturated rings. The van der Waals surface area contributed by atoms with Crippen LogP contribution in [-0.2, 0) is 20.9 Å². The van der Waals surface area contributed by atoms with Crippen LogP contribution in [0.2, 0.25) is 0 Å². The highest BCUT2D eigenvalue weighted by Crippen LogP contribution is 2.30. The quantitative estimate of drug-likeness (QED) is 0.259. The Morgan fingerprint density at radius 3 is 2.23 bits per heavy atom. The number of rotatable bonds is 9. The SMILES string of the molecule is CCOC(=O)C1=C(C)N=c2s/c(=C\c3ccc(OCc4ccc(C(=O)OCC)cc4)cc3)c(=O)n2[C@H]1c1ccc(F)cc1. The van der Waals surface area contributed by atoms with Crippen molar-refractivity contribution in [1.29, 1.82) is 0 Å². The van der Waals surface area contributed by atoms with E-state index in [2.05, 4.69) is 4.99 Å². The van der Waals surface area contributed by atoms with Crippen molar-refractivity contribution in [3.63, 3.8) is 0 Å². The molecular formula is C33H29FN2O6S. The van der Waals surface area contributed by atoms with E-state index in [9.17, 15) is 18.8 Å². The topological polar surface area (TPSA) is 96.2 Å². The van der Waals surface area contributed by atoms with Gasteiger partial charge in [-0.1, -0.05) is 47.7 Å². The summed E-state index contributed by atoms with van der Waals surface area (Å²) in [6, 6.07) is 19.2. The van der Waals surface area contributed by atoms with Crippen molar-refractivity contribution in [2.45, 2.75) is 33.4 Å². The van der Waals surface area contributed by atoms with Gasteiger partial charge in [0.2, 0.25) is 0 Å². The zero-order chi connectivity index (χ0) is 30.5. The third-order valence-corrected chi connectivity index (χ3v) is 7.73. The van der Waals surface area contributed by atoms with Gasteiger partial charge in [0.05, 0.1) is 40.6 Å². The fourth-order valence-electron chi connectivity index (χ4n) is 4.68. The standard InChI is InChI=1S/C33H29FN2O6S/c1-4-40-31(38)24-10-6-22(7-11-24)19-42-26-16-8-21(9-17-26)18-27-30(37)36-29(23-12-14-25(34)15-13-23)28(32(39)41-5-2)20(3)35-33(36)43-27/h6-18,29H,4-5,19H2,1-3H3/b27-18-/t29-/m0/s1. The molecule has 43 heavy (non-hydrogen) atoms. The monoisotopic (exact) mass is 600 g/mol. The Hall–Kier alpha value is -4.83. The highest BCUT2D eigenvalue weighted by Gasteiger charge is 2.33. The van der Waals surface area contributed by atoms with Crippen LogP contribution >= 0.6 is 11.3 Å². The summed E-state index contributed by atoms with van der Waals surface area (Å²) < 4.78 is 31.8. The molecule has 0 N–H and O–H groups in total. The number of carbonyl (C=O) groups excluding carboxylic acids is 2. The molecule has 0 aliphatic carbocycles. The second-order valence-corrected chi connectivity index (χ2v) is 10.6. The van der Waals surface area contributed by atoms with Crippen molar-refractivity contribution in [2.24, 2.45) is 4.99 Å². The first-order valence-electron chi connectivity index (χ1n) is 13.7. The molecule has 1 aromatic heterocycles. The van der Waals surface area contributed by atoms with Crippen LogP contribution < -0.4 is 19.6 Å². The molecule has 0 unspecified atom stereocenters. The zero-order valence-electron chi connectivity index (χ0n) is 23.8. The molecule has 1 aliphatic rings. The first-order valence-corrected chi connectivity index (χ1v) is 14.5. The molecule has 0 radical (unpaired) electrons. The third-order valence-electron chi connectivity index (χ3n) is 6.75. The highest BCUT2D eigenvalue weighted by atomic mass is 32.1. The number of benzene rings is 3. The number of aromatic nitrogens is 1. The molecule has 4 aromatic rings. The average molecular weight is 601 g/mol. The second kappa shape index (κ2) is 13.0. The van der Waals surface area contributed by atoms with Gasteiger partial charge in [0.1, 0.15) is 18.2 Å². The van der Waals surface area contributed by atoms with Crippen LogP contribution in [0.25, 0.3) is 6.08 Å². The molecule has 0 spiro atoms. The Morgan fingerprint density at radius 2 is 1.58 bits per heavy atom. The van der Waals surface area contributed by atoms with Gasteiger partial charge in [-0.05, 0) is 79.9 Å². The molecule has 0 bridgehead atoms. The maximum Gasteiger partial charge on any atom is 0.338 e. The fourth-order valence-corrected chi connectivity index (χ4v) is 5.73. The van der Waals surface area contributed by atoms with Gasteiger partial charge in [0.25, 0.3) is 5.56 Å². The van der Waals surface area contributed by atoms with Gasteiger partial charge in [-0.2, -0.15) is 0 Å². The Balaban J connectivity index is 1.40. The van der Waals surface area contributed by atoms with E-state index in [4.69, 9.17) is 14.2 Å². The van der Waals surface area contributed by atoms with Crippen LogP contribution in [0, 0.1) is 5.82 Å². The molecule has 0 saturated heterocycles. The van der Waals surface area contributed by atoms with Crippen LogP contribution in [0.3, 0.4) is 0 Å². The lowest BCUT2D eigenvalue weighted by atomic mass is 9.96. The first-order chi connectivity index (χ1) is 20.8. The van der Waals surface area contributed by atoms with Gasteiger partial charge in [0.15, 0.2) is 4.80 Å². The molecule has 3 aromatic carbocycles. The van der Waals surface area contributed by atoms with Crippen molar-refractivity contribution in [2.75, 3.05) is 13.2 Å². The average Bonchev–Trinajstić information content (AvgIpc) is 3.30. The Labute approximate surface area is 251 Å². The number of nitrogens with zero attached hydrogens (tertiary/aromatic N) is 2. The predicted octanol–water partition coefficient (Wildman–Crippen LogP) is 4.69.